The first-order valence-electron chi connectivity index (χ1n) is 6.27. The number of hydrogen-bond donors (Lipinski definition) is 3. The van der Waals surface area contributed by atoms with Gasteiger partial charge >= 0.3 is 0 Å². The molecule has 3 N–H and O–H groups in total. The van der Waals surface area contributed by atoms with Crippen molar-refractivity contribution in [2.24, 2.45) is 0 Å². The van der Waals surface area contributed by atoms with Crippen molar-refractivity contribution >= 4 is 5.91 Å². The quantitative estimate of drug-likeness (QED) is 0.704. The van der Waals surface area contributed by atoms with Crippen molar-refractivity contribution in [3.05, 3.63) is 35.4 Å². The highest BCUT2D eigenvalue weighted by Crippen LogP contribution is 2.12. The third kappa shape index (κ3) is 4.70. The minimum Gasteiger partial charge on any atom is -0.387 e. The number of benzene rings is 1. The molecule has 0 aliphatic heterocycles. The molecular weight excluding hydrogens is 242 g/mol. The largest absolute Gasteiger partial charge is 0.387 e. The molecule has 0 radical (unpaired) electrons. The van der Waals surface area contributed by atoms with Crippen LogP contribution in [0.4, 0.5) is 0 Å². The van der Waals surface area contributed by atoms with Gasteiger partial charge in [0.1, 0.15) is 0 Å². The second-order valence-corrected chi connectivity index (χ2v) is 4.27. The summed E-state index contributed by atoms with van der Waals surface area (Å²) in [5.74, 6) is -0.0884. The summed E-state index contributed by atoms with van der Waals surface area (Å²) in [6.07, 6.45) is -0.704. The highest BCUT2D eigenvalue weighted by atomic mass is 16.3. The highest BCUT2D eigenvalue weighted by molar-refractivity contribution is 5.81. The first kappa shape index (κ1) is 15.2. The molecule has 5 heteroatoms. The number of carbonyl (C=O) groups excluding carboxylic acids is 1. The van der Waals surface area contributed by atoms with E-state index in [1.165, 1.54) is 0 Å². The van der Waals surface area contributed by atoms with Gasteiger partial charge in [0.25, 0.3) is 0 Å². The van der Waals surface area contributed by atoms with Crippen molar-refractivity contribution in [3.8, 4) is 6.07 Å². The average molecular weight is 261 g/mol. The minimum absolute atomic E-state index is 0.0884. The molecule has 1 aromatic carbocycles. The maximum absolute atomic E-state index is 11.5. The molecule has 1 rings (SSSR count). The fourth-order valence-electron chi connectivity index (χ4n) is 1.61. The predicted octanol–water partition coefficient (Wildman–Crippen LogP) is 0.706. The van der Waals surface area contributed by atoms with E-state index in [1.807, 2.05) is 13.0 Å². The molecule has 102 valence electrons. The number of nitrogens with zero attached hydrogens (tertiary/aromatic N) is 1. The van der Waals surface area contributed by atoms with Crippen LogP contribution in [0.3, 0.4) is 0 Å². The van der Waals surface area contributed by atoms with E-state index in [4.69, 9.17) is 5.26 Å². The Morgan fingerprint density at radius 1 is 1.42 bits per heavy atom. The Morgan fingerprint density at radius 2 is 2.05 bits per heavy atom. The number of aliphatic hydroxyl groups excluding tert-OH is 1. The zero-order chi connectivity index (χ0) is 14.3. The van der Waals surface area contributed by atoms with Crippen molar-refractivity contribution in [3.63, 3.8) is 0 Å². The van der Waals surface area contributed by atoms with Crippen LogP contribution in [0.25, 0.3) is 0 Å². The summed E-state index contributed by atoms with van der Waals surface area (Å²) in [6.45, 7) is 4.47. The van der Waals surface area contributed by atoms with E-state index in [9.17, 15) is 9.90 Å². The molecule has 1 amide bonds. The molecule has 1 aromatic rings. The Morgan fingerprint density at radius 3 is 2.58 bits per heavy atom. The summed E-state index contributed by atoms with van der Waals surface area (Å²) in [7, 11) is 0. The lowest BCUT2D eigenvalue weighted by Gasteiger charge is -2.16. The molecular formula is C14H19N3O2. The van der Waals surface area contributed by atoms with Crippen LogP contribution in [0.15, 0.2) is 24.3 Å². The maximum atomic E-state index is 11.5. The van der Waals surface area contributed by atoms with E-state index in [0.29, 0.717) is 12.1 Å². The van der Waals surface area contributed by atoms with Crippen LogP contribution in [0, 0.1) is 11.3 Å². The van der Waals surface area contributed by atoms with Crippen molar-refractivity contribution in [2.75, 3.05) is 13.1 Å². The molecule has 5 nitrogen and oxygen atoms in total. The van der Waals surface area contributed by atoms with E-state index in [-0.39, 0.29) is 18.5 Å². The Kier molecular flexibility index (Phi) is 6.00. The molecule has 0 bridgehead atoms. The van der Waals surface area contributed by atoms with Crippen LogP contribution in [0.5, 0.6) is 0 Å². The van der Waals surface area contributed by atoms with E-state index in [0.717, 1.165) is 5.56 Å². The SMILES string of the molecule is CCNC(=O)C(C)NCC(O)c1ccc(C#N)cc1. The first-order chi connectivity index (χ1) is 9.08. The van der Waals surface area contributed by atoms with Gasteiger partial charge in [0, 0.05) is 13.1 Å². The van der Waals surface area contributed by atoms with Gasteiger partial charge in [-0.3, -0.25) is 4.79 Å². The summed E-state index contributed by atoms with van der Waals surface area (Å²) in [5, 5.41) is 24.3. The summed E-state index contributed by atoms with van der Waals surface area (Å²) < 4.78 is 0. The van der Waals surface area contributed by atoms with E-state index in [2.05, 4.69) is 10.6 Å². The van der Waals surface area contributed by atoms with Crippen LogP contribution in [-0.2, 0) is 4.79 Å². The number of carbonyl (C=O) groups is 1. The van der Waals surface area contributed by atoms with E-state index in [1.54, 1.807) is 31.2 Å². The van der Waals surface area contributed by atoms with Crippen molar-refractivity contribution in [1.82, 2.24) is 10.6 Å². The Labute approximate surface area is 113 Å². The molecule has 0 aliphatic carbocycles. The van der Waals surface area contributed by atoms with Gasteiger partial charge in [-0.05, 0) is 31.5 Å². The molecule has 0 saturated heterocycles. The number of nitrogens with one attached hydrogen (secondary N) is 2. The Balaban J connectivity index is 2.48. The molecule has 0 aliphatic rings. The lowest BCUT2D eigenvalue weighted by molar-refractivity contribution is -0.122. The van der Waals surface area contributed by atoms with Gasteiger partial charge in [-0.2, -0.15) is 5.26 Å². The predicted molar refractivity (Wildman–Crippen MR) is 72.3 cm³/mol. The normalized spacial score (nSPS) is 13.4. The molecule has 0 heterocycles. The third-order valence-electron chi connectivity index (χ3n) is 2.79. The summed E-state index contributed by atoms with van der Waals surface area (Å²) >= 11 is 0. The molecule has 0 saturated carbocycles. The van der Waals surface area contributed by atoms with Crippen molar-refractivity contribution in [1.29, 1.82) is 5.26 Å². The fraction of sp³-hybridized carbons (Fsp3) is 0.429. The van der Waals surface area contributed by atoms with Gasteiger partial charge in [-0.15, -0.1) is 0 Å². The molecule has 2 atom stereocenters. The molecule has 0 aromatic heterocycles. The number of rotatable bonds is 6. The lowest BCUT2D eigenvalue weighted by atomic mass is 10.1. The van der Waals surface area contributed by atoms with Crippen LogP contribution in [0.2, 0.25) is 0 Å². The summed E-state index contributed by atoms with van der Waals surface area (Å²) in [6, 6.07) is 8.41. The van der Waals surface area contributed by atoms with Crippen molar-refractivity contribution in [2.45, 2.75) is 26.0 Å². The molecule has 0 fully saturated rings. The topological polar surface area (TPSA) is 85.2 Å². The van der Waals surface area contributed by atoms with Crippen LogP contribution in [-0.4, -0.2) is 30.1 Å². The van der Waals surface area contributed by atoms with Crippen molar-refractivity contribution < 1.29 is 9.90 Å². The zero-order valence-corrected chi connectivity index (χ0v) is 11.2. The number of nitriles is 1. The number of amides is 1. The van der Waals surface area contributed by atoms with Crippen LogP contribution < -0.4 is 10.6 Å². The maximum Gasteiger partial charge on any atom is 0.236 e. The fourth-order valence-corrected chi connectivity index (χ4v) is 1.61. The van der Waals surface area contributed by atoms with E-state index < -0.39 is 6.10 Å². The smallest absolute Gasteiger partial charge is 0.236 e. The molecule has 2 unspecified atom stereocenters. The second kappa shape index (κ2) is 7.52. The van der Waals surface area contributed by atoms with Gasteiger partial charge in [-0.1, -0.05) is 12.1 Å². The second-order valence-electron chi connectivity index (χ2n) is 4.27. The summed E-state index contributed by atoms with van der Waals surface area (Å²) in [5.41, 5.74) is 1.27. The van der Waals surface area contributed by atoms with Crippen LogP contribution in [0.1, 0.15) is 31.1 Å². The number of hydrogen-bond acceptors (Lipinski definition) is 4. The third-order valence-corrected chi connectivity index (χ3v) is 2.79. The standard InChI is InChI=1S/C14H19N3O2/c1-3-16-14(19)10(2)17-9-13(18)12-6-4-11(8-15)5-7-12/h4-7,10,13,17-18H,3,9H2,1-2H3,(H,16,19). The average Bonchev–Trinajstić information content (AvgIpc) is 2.44. The lowest BCUT2D eigenvalue weighted by Crippen LogP contribution is -2.43. The van der Waals surface area contributed by atoms with Gasteiger partial charge in [-0.25, -0.2) is 0 Å². The highest BCUT2D eigenvalue weighted by Gasteiger charge is 2.14. The van der Waals surface area contributed by atoms with Gasteiger partial charge in [0.15, 0.2) is 0 Å². The summed E-state index contributed by atoms with van der Waals surface area (Å²) in [4.78, 5) is 11.5. The molecule has 0 spiro atoms. The zero-order valence-electron chi connectivity index (χ0n) is 11.2. The van der Waals surface area contributed by atoms with E-state index >= 15 is 0 Å². The van der Waals surface area contributed by atoms with Gasteiger partial charge in [0.2, 0.25) is 5.91 Å². The monoisotopic (exact) mass is 261 g/mol. The number of aliphatic hydroxyl groups is 1. The van der Waals surface area contributed by atoms with Crippen LogP contribution >= 0.6 is 0 Å². The number of likely N-dealkylation sites (N-methyl/N-ethyl adjacent to an activating group) is 1. The first-order valence-corrected chi connectivity index (χ1v) is 6.27. The minimum atomic E-state index is -0.704. The molecule has 19 heavy (non-hydrogen) atoms. The van der Waals surface area contributed by atoms with Gasteiger partial charge in [0.05, 0.1) is 23.8 Å². The Bertz CT molecular complexity index is 451. The van der Waals surface area contributed by atoms with Gasteiger partial charge < -0.3 is 15.7 Å². The Hall–Kier alpha value is -1.90.